The lowest BCUT2D eigenvalue weighted by molar-refractivity contribution is 0.598. The summed E-state index contributed by atoms with van der Waals surface area (Å²) >= 11 is 0. The summed E-state index contributed by atoms with van der Waals surface area (Å²) < 4.78 is 22.6. The van der Waals surface area contributed by atoms with Crippen LogP contribution in [0.3, 0.4) is 0 Å². The number of aryl methyl sites for hydroxylation is 2. The van der Waals surface area contributed by atoms with Gasteiger partial charge in [-0.05, 0) is 43.2 Å². The molecule has 20 heavy (non-hydrogen) atoms. The Kier molecular flexibility index (Phi) is 4.11. The summed E-state index contributed by atoms with van der Waals surface area (Å²) in [5.41, 5.74) is 4.32. The van der Waals surface area contributed by atoms with Crippen molar-refractivity contribution in [3.8, 4) is 0 Å². The van der Waals surface area contributed by atoms with Gasteiger partial charge in [-0.3, -0.25) is 0 Å². The first kappa shape index (κ1) is 14.6. The van der Waals surface area contributed by atoms with Crippen LogP contribution in [-0.4, -0.2) is 8.42 Å². The van der Waals surface area contributed by atoms with Crippen LogP contribution in [0.1, 0.15) is 16.7 Å². The maximum absolute atomic E-state index is 11.3. The molecule has 2 aromatic rings. The Morgan fingerprint density at radius 1 is 1.10 bits per heavy atom. The maximum Gasteiger partial charge on any atom is 0.238 e. The van der Waals surface area contributed by atoms with Crippen LogP contribution < -0.4 is 10.5 Å². The summed E-state index contributed by atoms with van der Waals surface area (Å²) in [4.78, 5) is 0.114. The molecule has 0 radical (unpaired) electrons. The van der Waals surface area contributed by atoms with Crippen molar-refractivity contribution in [2.75, 3.05) is 5.32 Å². The lowest BCUT2D eigenvalue weighted by Gasteiger charge is -2.10. The van der Waals surface area contributed by atoms with Gasteiger partial charge in [0.25, 0.3) is 0 Å². The van der Waals surface area contributed by atoms with Crippen LogP contribution in [0.4, 0.5) is 5.69 Å². The molecule has 0 fully saturated rings. The molecule has 0 aliphatic heterocycles. The van der Waals surface area contributed by atoms with Crippen molar-refractivity contribution in [3.05, 3.63) is 59.2 Å². The molecule has 2 rings (SSSR count). The molecule has 0 heterocycles. The Morgan fingerprint density at radius 3 is 2.55 bits per heavy atom. The summed E-state index contributed by atoms with van der Waals surface area (Å²) in [6, 6.07) is 12.8. The van der Waals surface area contributed by atoms with Crippen molar-refractivity contribution < 1.29 is 8.42 Å². The Morgan fingerprint density at radius 2 is 1.85 bits per heavy atom. The number of hydrogen-bond acceptors (Lipinski definition) is 3. The van der Waals surface area contributed by atoms with Crippen LogP contribution in [-0.2, 0) is 16.6 Å². The predicted molar refractivity (Wildman–Crippen MR) is 81.1 cm³/mol. The second-order valence-corrected chi connectivity index (χ2v) is 6.42. The summed E-state index contributed by atoms with van der Waals surface area (Å²) in [7, 11) is -3.66. The van der Waals surface area contributed by atoms with Gasteiger partial charge in [0.05, 0.1) is 4.90 Å². The molecular formula is C15H18N2O2S. The highest BCUT2D eigenvalue weighted by atomic mass is 32.2. The van der Waals surface area contributed by atoms with Gasteiger partial charge in [-0.25, -0.2) is 13.6 Å². The van der Waals surface area contributed by atoms with E-state index in [1.54, 1.807) is 12.1 Å². The van der Waals surface area contributed by atoms with E-state index in [2.05, 4.69) is 30.4 Å². The van der Waals surface area contributed by atoms with E-state index in [-0.39, 0.29) is 4.90 Å². The van der Waals surface area contributed by atoms with E-state index in [1.807, 2.05) is 13.0 Å². The first-order valence-corrected chi connectivity index (χ1v) is 7.84. The van der Waals surface area contributed by atoms with E-state index >= 15 is 0 Å². The third kappa shape index (κ3) is 3.59. The fourth-order valence-corrected chi connectivity index (χ4v) is 2.53. The van der Waals surface area contributed by atoms with Gasteiger partial charge in [0.2, 0.25) is 10.0 Å². The molecule has 0 atom stereocenters. The van der Waals surface area contributed by atoms with E-state index < -0.39 is 10.0 Å². The molecule has 0 aliphatic carbocycles. The Balaban J connectivity index is 2.17. The van der Waals surface area contributed by atoms with Crippen LogP contribution in [0.2, 0.25) is 0 Å². The number of sulfonamides is 1. The minimum atomic E-state index is -3.66. The van der Waals surface area contributed by atoms with Crippen LogP contribution in [0.5, 0.6) is 0 Å². The first-order chi connectivity index (χ1) is 9.36. The third-order valence-electron chi connectivity index (χ3n) is 3.15. The number of benzene rings is 2. The molecule has 0 aliphatic rings. The zero-order valence-corrected chi connectivity index (χ0v) is 12.4. The van der Waals surface area contributed by atoms with Gasteiger partial charge in [-0.1, -0.05) is 29.8 Å². The minimum Gasteiger partial charge on any atom is -0.381 e. The summed E-state index contributed by atoms with van der Waals surface area (Å²) in [6.07, 6.45) is 0. The van der Waals surface area contributed by atoms with Gasteiger partial charge < -0.3 is 5.32 Å². The Hall–Kier alpha value is -1.85. The maximum atomic E-state index is 11.3. The van der Waals surface area contributed by atoms with Crippen molar-refractivity contribution in [2.24, 2.45) is 5.14 Å². The van der Waals surface area contributed by atoms with Gasteiger partial charge in [0, 0.05) is 12.2 Å². The molecule has 2 aromatic carbocycles. The first-order valence-electron chi connectivity index (χ1n) is 6.29. The van der Waals surface area contributed by atoms with Gasteiger partial charge in [0.15, 0.2) is 0 Å². The van der Waals surface area contributed by atoms with Crippen molar-refractivity contribution in [2.45, 2.75) is 25.3 Å². The average Bonchev–Trinajstić information content (AvgIpc) is 2.39. The number of primary sulfonamides is 1. The molecule has 0 aromatic heterocycles. The molecule has 106 valence electrons. The highest BCUT2D eigenvalue weighted by Gasteiger charge is 2.07. The fourth-order valence-electron chi connectivity index (χ4n) is 1.97. The molecule has 4 nitrogen and oxygen atoms in total. The molecule has 0 saturated carbocycles. The van der Waals surface area contributed by atoms with Gasteiger partial charge >= 0.3 is 0 Å². The minimum absolute atomic E-state index is 0.114. The standard InChI is InChI=1S/C15H18N2O2S/c1-11-6-7-12(2)13(8-11)10-17-14-4-3-5-15(9-14)20(16,18)19/h3-9,17H,10H2,1-2H3,(H2,16,18,19). The summed E-state index contributed by atoms with van der Waals surface area (Å²) in [5, 5.41) is 8.34. The molecule has 0 saturated heterocycles. The van der Waals surface area contributed by atoms with Crippen LogP contribution in [0, 0.1) is 13.8 Å². The predicted octanol–water partition coefficient (Wildman–Crippen LogP) is 2.56. The number of nitrogens with two attached hydrogens (primary N) is 1. The smallest absolute Gasteiger partial charge is 0.238 e. The second-order valence-electron chi connectivity index (χ2n) is 4.86. The number of anilines is 1. The van der Waals surface area contributed by atoms with Gasteiger partial charge in [0.1, 0.15) is 0 Å². The fraction of sp³-hybridized carbons (Fsp3) is 0.200. The van der Waals surface area contributed by atoms with Crippen LogP contribution in [0.25, 0.3) is 0 Å². The summed E-state index contributed by atoms with van der Waals surface area (Å²) in [5.74, 6) is 0. The van der Waals surface area contributed by atoms with Crippen molar-refractivity contribution >= 4 is 15.7 Å². The number of hydrogen-bond donors (Lipinski definition) is 2. The van der Waals surface area contributed by atoms with E-state index in [0.717, 1.165) is 5.69 Å². The van der Waals surface area contributed by atoms with Crippen LogP contribution in [0.15, 0.2) is 47.4 Å². The highest BCUT2D eigenvalue weighted by Crippen LogP contribution is 2.17. The van der Waals surface area contributed by atoms with Crippen LogP contribution >= 0.6 is 0 Å². The average molecular weight is 290 g/mol. The lowest BCUT2D eigenvalue weighted by Crippen LogP contribution is -2.12. The molecular weight excluding hydrogens is 272 g/mol. The zero-order valence-electron chi connectivity index (χ0n) is 11.6. The molecule has 0 amide bonds. The highest BCUT2D eigenvalue weighted by molar-refractivity contribution is 7.89. The second kappa shape index (κ2) is 5.64. The zero-order chi connectivity index (χ0) is 14.8. The van der Waals surface area contributed by atoms with E-state index in [0.29, 0.717) is 6.54 Å². The van der Waals surface area contributed by atoms with Gasteiger partial charge in [-0.2, -0.15) is 0 Å². The SMILES string of the molecule is Cc1ccc(C)c(CNc2cccc(S(N)(=O)=O)c2)c1. The molecule has 3 N–H and O–H groups in total. The van der Waals surface area contributed by atoms with Crippen molar-refractivity contribution in [1.82, 2.24) is 0 Å². The largest absolute Gasteiger partial charge is 0.381 e. The quantitative estimate of drug-likeness (QED) is 0.909. The Bertz CT molecular complexity index is 724. The van der Waals surface area contributed by atoms with E-state index in [1.165, 1.54) is 22.8 Å². The Labute approximate surface area is 119 Å². The normalized spacial score (nSPS) is 11.3. The van der Waals surface area contributed by atoms with E-state index in [4.69, 9.17) is 5.14 Å². The van der Waals surface area contributed by atoms with Crippen molar-refractivity contribution in [1.29, 1.82) is 0 Å². The lowest BCUT2D eigenvalue weighted by atomic mass is 10.1. The van der Waals surface area contributed by atoms with Crippen molar-refractivity contribution in [3.63, 3.8) is 0 Å². The third-order valence-corrected chi connectivity index (χ3v) is 4.06. The molecule has 0 spiro atoms. The molecule has 0 bridgehead atoms. The molecule has 5 heteroatoms. The summed E-state index contributed by atoms with van der Waals surface area (Å²) in [6.45, 7) is 4.74. The monoisotopic (exact) mass is 290 g/mol. The topological polar surface area (TPSA) is 72.2 Å². The van der Waals surface area contributed by atoms with E-state index in [9.17, 15) is 8.42 Å². The number of rotatable bonds is 4. The van der Waals surface area contributed by atoms with Gasteiger partial charge in [-0.15, -0.1) is 0 Å². The molecule has 0 unspecified atom stereocenters. The number of nitrogens with one attached hydrogen (secondary N) is 1.